The minimum atomic E-state index is -4.42. The summed E-state index contributed by atoms with van der Waals surface area (Å²) in [4.78, 5) is 7.38. The van der Waals surface area contributed by atoms with Crippen LogP contribution in [0, 0.1) is 6.92 Å². The number of halogens is 3. The molecule has 3 nitrogen and oxygen atoms in total. The number of pyridine rings is 1. The monoisotopic (exact) mass is 245 g/mol. The van der Waals surface area contributed by atoms with E-state index in [4.69, 9.17) is 0 Å². The van der Waals surface area contributed by atoms with Crippen molar-refractivity contribution in [3.63, 3.8) is 0 Å². The van der Waals surface area contributed by atoms with Crippen molar-refractivity contribution in [2.45, 2.75) is 26.9 Å². The highest BCUT2D eigenvalue weighted by Gasteiger charge is 2.32. The van der Waals surface area contributed by atoms with Crippen LogP contribution in [0.4, 0.5) is 13.2 Å². The van der Waals surface area contributed by atoms with Crippen molar-refractivity contribution in [3.05, 3.63) is 23.8 Å². The molecule has 2 aromatic heterocycles. The summed E-state index contributed by atoms with van der Waals surface area (Å²) in [5, 5.41) is 0. The molecule has 0 aliphatic rings. The Hall–Kier alpha value is -1.59. The number of hydrogen-bond donors (Lipinski definition) is 0. The van der Waals surface area contributed by atoms with E-state index in [1.54, 1.807) is 18.5 Å². The van der Waals surface area contributed by atoms with Crippen LogP contribution in [0.25, 0.3) is 11.0 Å². The molecule has 0 amide bonds. The molecule has 0 N–H and O–H groups in total. The van der Waals surface area contributed by atoms with Crippen molar-refractivity contribution < 1.29 is 13.2 Å². The lowest BCUT2D eigenvalue weighted by Gasteiger charge is -2.04. The summed E-state index contributed by atoms with van der Waals surface area (Å²) in [6, 6.07) is 0.961. The predicted octanol–water partition coefficient (Wildman–Crippen LogP) is 3.32. The van der Waals surface area contributed by atoms with Gasteiger partial charge in [0.15, 0.2) is 0 Å². The highest BCUT2D eigenvalue weighted by atomic mass is 19.4. The molecule has 0 aliphatic carbocycles. The SMILES string of the molecule is CC.Cc1nc2cc(C(F)(F)F)ncc2n1C. The van der Waals surface area contributed by atoms with Gasteiger partial charge in [-0.15, -0.1) is 0 Å². The fourth-order valence-electron chi connectivity index (χ4n) is 1.36. The second-order valence-corrected chi connectivity index (χ2v) is 3.27. The maximum Gasteiger partial charge on any atom is 0.433 e. The first-order valence-corrected chi connectivity index (χ1v) is 5.26. The number of alkyl halides is 3. The van der Waals surface area contributed by atoms with E-state index in [2.05, 4.69) is 9.97 Å². The summed E-state index contributed by atoms with van der Waals surface area (Å²) in [5.41, 5.74) is 0.00549. The lowest BCUT2D eigenvalue weighted by Crippen LogP contribution is -2.07. The maximum atomic E-state index is 12.3. The Kier molecular flexibility index (Phi) is 3.75. The molecule has 0 fully saturated rings. The van der Waals surface area contributed by atoms with Gasteiger partial charge in [0.1, 0.15) is 11.5 Å². The summed E-state index contributed by atoms with van der Waals surface area (Å²) in [5.74, 6) is 0.658. The van der Waals surface area contributed by atoms with Crippen LogP contribution in [0.3, 0.4) is 0 Å². The molecule has 0 aliphatic heterocycles. The summed E-state index contributed by atoms with van der Waals surface area (Å²) in [7, 11) is 1.74. The standard InChI is InChI=1S/C9H8F3N3.C2H6/c1-5-14-6-3-8(9(10,11)12)13-4-7(6)15(5)2;1-2/h3-4H,1-2H3;1-2H3. The Bertz CT molecular complexity index is 514. The number of imidazole rings is 1. The molecule has 0 bridgehead atoms. The zero-order valence-electron chi connectivity index (χ0n) is 10.1. The van der Waals surface area contributed by atoms with Crippen LogP contribution in [0.5, 0.6) is 0 Å². The van der Waals surface area contributed by atoms with Crippen molar-refractivity contribution in [3.8, 4) is 0 Å². The van der Waals surface area contributed by atoms with Crippen molar-refractivity contribution in [1.29, 1.82) is 0 Å². The van der Waals surface area contributed by atoms with Gasteiger partial charge >= 0.3 is 6.18 Å². The number of aromatic nitrogens is 3. The minimum absolute atomic E-state index is 0.317. The summed E-state index contributed by atoms with van der Waals surface area (Å²) >= 11 is 0. The average molecular weight is 245 g/mol. The zero-order chi connectivity index (χ0) is 13.2. The quantitative estimate of drug-likeness (QED) is 0.712. The molecule has 0 aromatic carbocycles. The number of hydrogen-bond acceptors (Lipinski definition) is 2. The second-order valence-electron chi connectivity index (χ2n) is 3.27. The lowest BCUT2D eigenvalue weighted by molar-refractivity contribution is -0.141. The van der Waals surface area contributed by atoms with Crippen molar-refractivity contribution in [1.82, 2.24) is 14.5 Å². The van der Waals surface area contributed by atoms with Gasteiger partial charge < -0.3 is 4.57 Å². The molecular weight excluding hydrogens is 231 g/mol. The lowest BCUT2D eigenvalue weighted by atomic mass is 10.3. The topological polar surface area (TPSA) is 30.7 Å². The van der Waals surface area contributed by atoms with Gasteiger partial charge in [-0.2, -0.15) is 13.2 Å². The third-order valence-corrected chi connectivity index (χ3v) is 2.28. The van der Waals surface area contributed by atoms with E-state index in [9.17, 15) is 13.2 Å². The number of aryl methyl sites for hydroxylation is 2. The molecular formula is C11H14F3N3. The van der Waals surface area contributed by atoms with Gasteiger partial charge in [-0.25, -0.2) is 9.97 Å². The van der Waals surface area contributed by atoms with Crippen LogP contribution in [-0.2, 0) is 13.2 Å². The van der Waals surface area contributed by atoms with Crippen LogP contribution in [0.15, 0.2) is 12.3 Å². The fraction of sp³-hybridized carbons (Fsp3) is 0.455. The number of nitrogens with zero attached hydrogens (tertiary/aromatic N) is 3. The van der Waals surface area contributed by atoms with E-state index in [0.717, 1.165) is 6.07 Å². The van der Waals surface area contributed by atoms with Crippen LogP contribution in [-0.4, -0.2) is 14.5 Å². The molecule has 2 heterocycles. The van der Waals surface area contributed by atoms with Crippen molar-refractivity contribution >= 4 is 11.0 Å². The Morgan fingerprint density at radius 3 is 2.35 bits per heavy atom. The van der Waals surface area contributed by atoms with E-state index in [1.807, 2.05) is 13.8 Å². The molecule has 6 heteroatoms. The molecule has 0 saturated carbocycles. The highest BCUT2D eigenvalue weighted by Crippen LogP contribution is 2.29. The fourth-order valence-corrected chi connectivity index (χ4v) is 1.36. The van der Waals surface area contributed by atoms with E-state index in [0.29, 0.717) is 16.9 Å². The molecule has 0 atom stereocenters. The Morgan fingerprint density at radius 1 is 1.24 bits per heavy atom. The Labute approximate surface area is 97.3 Å². The minimum Gasteiger partial charge on any atom is -0.330 e. The maximum absolute atomic E-state index is 12.3. The smallest absolute Gasteiger partial charge is 0.330 e. The van der Waals surface area contributed by atoms with Gasteiger partial charge in [0.2, 0.25) is 0 Å². The second kappa shape index (κ2) is 4.73. The normalized spacial score (nSPS) is 11.2. The van der Waals surface area contributed by atoms with Gasteiger partial charge in [0.25, 0.3) is 0 Å². The molecule has 0 unspecified atom stereocenters. The van der Waals surface area contributed by atoms with E-state index >= 15 is 0 Å². The number of rotatable bonds is 0. The Balaban J connectivity index is 0.000000686. The molecule has 0 spiro atoms. The van der Waals surface area contributed by atoms with Crippen LogP contribution < -0.4 is 0 Å². The molecule has 2 rings (SSSR count). The third kappa shape index (κ3) is 2.57. The van der Waals surface area contributed by atoms with Crippen LogP contribution in [0.2, 0.25) is 0 Å². The summed E-state index contributed by atoms with van der Waals surface area (Å²) in [6.45, 7) is 5.73. The third-order valence-electron chi connectivity index (χ3n) is 2.28. The first-order valence-electron chi connectivity index (χ1n) is 5.26. The molecule has 94 valence electrons. The van der Waals surface area contributed by atoms with Crippen LogP contribution in [0.1, 0.15) is 25.4 Å². The van der Waals surface area contributed by atoms with Gasteiger partial charge in [0.05, 0.1) is 17.2 Å². The zero-order valence-corrected chi connectivity index (χ0v) is 10.1. The summed E-state index contributed by atoms with van der Waals surface area (Å²) in [6.07, 6.45) is -3.22. The van der Waals surface area contributed by atoms with Gasteiger partial charge in [-0.1, -0.05) is 13.8 Å². The van der Waals surface area contributed by atoms with Gasteiger partial charge in [-0.3, -0.25) is 0 Å². The predicted molar refractivity (Wildman–Crippen MR) is 59.6 cm³/mol. The van der Waals surface area contributed by atoms with Crippen molar-refractivity contribution in [2.24, 2.45) is 7.05 Å². The number of fused-ring (bicyclic) bond motifs is 1. The molecule has 0 saturated heterocycles. The van der Waals surface area contributed by atoms with E-state index in [-0.39, 0.29) is 0 Å². The van der Waals surface area contributed by atoms with E-state index in [1.165, 1.54) is 6.20 Å². The molecule has 17 heavy (non-hydrogen) atoms. The summed E-state index contributed by atoms with van der Waals surface area (Å²) < 4.78 is 38.7. The average Bonchev–Trinajstić information content (AvgIpc) is 2.56. The highest BCUT2D eigenvalue weighted by molar-refractivity contribution is 5.75. The first kappa shape index (κ1) is 13.5. The first-order chi connectivity index (χ1) is 7.89. The van der Waals surface area contributed by atoms with Gasteiger partial charge in [0, 0.05) is 7.05 Å². The van der Waals surface area contributed by atoms with E-state index < -0.39 is 11.9 Å². The molecule has 0 radical (unpaired) electrons. The van der Waals surface area contributed by atoms with Gasteiger partial charge in [-0.05, 0) is 13.0 Å². The molecule has 2 aromatic rings. The van der Waals surface area contributed by atoms with Crippen LogP contribution >= 0.6 is 0 Å². The Morgan fingerprint density at radius 2 is 1.82 bits per heavy atom. The van der Waals surface area contributed by atoms with Crippen molar-refractivity contribution in [2.75, 3.05) is 0 Å². The largest absolute Gasteiger partial charge is 0.433 e.